The van der Waals surface area contributed by atoms with Gasteiger partial charge in [0.1, 0.15) is 11.2 Å². The molecule has 14 aromatic rings. The second-order valence-electron chi connectivity index (χ2n) is 18.1. The van der Waals surface area contributed by atoms with Crippen LogP contribution in [0.2, 0.25) is 0 Å². The van der Waals surface area contributed by atoms with Gasteiger partial charge in [0.2, 0.25) is 0 Å². The number of furan rings is 1. The monoisotopic (exact) mass is 908 g/mol. The van der Waals surface area contributed by atoms with Crippen LogP contribution in [0.25, 0.3) is 115 Å². The molecule has 14 rings (SSSR count). The van der Waals surface area contributed by atoms with Crippen molar-refractivity contribution in [3.8, 4) is 50.2 Å². The van der Waals surface area contributed by atoms with Crippen molar-refractivity contribution >= 4 is 82.4 Å². The van der Waals surface area contributed by atoms with E-state index >= 15 is 0 Å². The van der Waals surface area contributed by atoms with Crippen LogP contribution in [0.3, 0.4) is 0 Å². The number of hydrogen-bond acceptors (Lipinski definition) is 2. The Kier molecular flexibility index (Phi) is 8.58. The van der Waals surface area contributed by atoms with Gasteiger partial charge in [0.15, 0.2) is 0 Å². The number of rotatable bonds is 8. The van der Waals surface area contributed by atoms with Gasteiger partial charge in [-0.25, -0.2) is 0 Å². The molecule has 0 unspecified atom stereocenters. The summed E-state index contributed by atoms with van der Waals surface area (Å²) in [5, 5.41) is 8.78. The van der Waals surface area contributed by atoms with Gasteiger partial charge in [-0.1, -0.05) is 206 Å². The van der Waals surface area contributed by atoms with Crippen LogP contribution in [0, 0.1) is 0 Å². The van der Waals surface area contributed by atoms with Gasteiger partial charge in [0.05, 0.1) is 22.2 Å². The maximum atomic E-state index is 9.91. The average Bonchev–Trinajstić information content (AvgIpc) is 4.06. The van der Waals surface area contributed by atoms with Crippen molar-refractivity contribution in [1.29, 1.82) is 0 Å². The predicted molar refractivity (Wildman–Crippen MR) is 299 cm³/mol. The number of benzene rings is 12. The molecule has 0 saturated carbocycles. The van der Waals surface area contributed by atoms with Gasteiger partial charge in [-0.15, -0.1) is 0 Å². The molecule has 332 valence electrons. The lowest BCUT2D eigenvalue weighted by atomic mass is 9.96. The highest BCUT2D eigenvalue weighted by Gasteiger charge is 2.22. The van der Waals surface area contributed by atoms with Crippen LogP contribution in [0.1, 0.15) is 5.48 Å². The topological polar surface area (TPSA) is 21.3 Å². The van der Waals surface area contributed by atoms with E-state index in [-0.39, 0.29) is 35.4 Å². The van der Waals surface area contributed by atoms with E-state index in [0.29, 0.717) is 16.9 Å². The van der Waals surface area contributed by atoms with Crippen molar-refractivity contribution in [2.24, 2.45) is 0 Å². The average molecular weight is 909 g/mol. The summed E-state index contributed by atoms with van der Waals surface area (Å²) in [6.07, 6.45) is 0. The Morgan fingerprint density at radius 1 is 0.324 bits per heavy atom. The lowest BCUT2D eigenvalue weighted by molar-refractivity contribution is 0.674. The van der Waals surface area contributed by atoms with Crippen molar-refractivity contribution in [2.75, 3.05) is 4.90 Å². The standard InChI is InChI=1S/C68H44N2O/c1-3-19-55-48(14-1)16-12-24-56(55)50-32-30-45(31-33-50)46-34-39-52(40-35-46)69(64-27-8-7-23-60(64)61-25-13-26-62-63-43-38-49-15-2-4-20-57(49)67(63)71-68(61)62)53-41-36-47(37-42-53)51-17-11-18-54(44-51)70-65-28-9-5-21-58(65)59-22-6-10-29-66(59)70/h1-44H/i34D,35D,39D,40D. The third kappa shape index (κ3) is 6.82. The highest BCUT2D eigenvalue weighted by atomic mass is 16.3. The number of hydrogen-bond donors (Lipinski definition) is 0. The van der Waals surface area contributed by atoms with E-state index in [4.69, 9.17) is 4.42 Å². The van der Waals surface area contributed by atoms with Crippen LogP contribution in [0.5, 0.6) is 0 Å². The fraction of sp³-hybridized carbons (Fsp3) is 0. The fourth-order valence-corrected chi connectivity index (χ4v) is 10.7. The third-order valence-corrected chi connectivity index (χ3v) is 14.1. The Labute approximate surface area is 417 Å². The maximum Gasteiger partial charge on any atom is 0.143 e. The lowest BCUT2D eigenvalue weighted by Gasteiger charge is -2.28. The first-order valence-corrected chi connectivity index (χ1v) is 24.0. The van der Waals surface area contributed by atoms with Crippen LogP contribution < -0.4 is 4.90 Å². The number of fused-ring (bicyclic) bond motifs is 9. The Hall–Kier alpha value is -9.44. The molecule has 2 heterocycles. The second-order valence-corrected chi connectivity index (χ2v) is 18.1. The quantitative estimate of drug-likeness (QED) is 0.151. The van der Waals surface area contributed by atoms with Gasteiger partial charge < -0.3 is 13.9 Å². The minimum atomic E-state index is -0.157. The van der Waals surface area contributed by atoms with Crippen molar-refractivity contribution in [2.45, 2.75) is 0 Å². The SMILES string of the molecule is [2H]c1c([2H])c(N(c2ccc(-c3cccc(-n4c5ccccc5c5ccccc54)c3)cc2)c2ccccc2-c2cccc3c2oc2c4ccccc4ccc32)c([2H])c([2H])c1-c1ccc(-c2cccc3ccccc23)cc1. The fourth-order valence-electron chi connectivity index (χ4n) is 10.7. The first kappa shape index (κ1) is 36.6. The number of nitrogens with zero attached hydrogens (tertiary/aromatic N) is 2. The molecular weight excluding hydrogens is 861 g/mol. The molecule has 2 aromatic heterocycles. The second kappa shape index (κ2) is 16.7. The molecule has 71 heavy (non-hydrogen) atoms. The molecule has 0 aliphatic heterocycles. The summed E-state index contributed by atoms with van der Waals surface area (Å²) in [7, 11) is 0. The number of aromatic nitrogens is 1. The molecule has 0 amide bonds. The number of anilines is 3. The molecular formula is C68H44N2O. The lowest BCUT2D eigenvalue weighted by Crippen LogP contribution is -2.11. The highest BCUT2D eigenvalue weighted by Crippen LogP contribution is 2.46. The zero-order valence-electron chi connectivity index (χ0n) is 42.4. The van der Waals surface area contributed by atoms with Crippen molar-refractivity contribution in [3.05, 3.63) is 267 Å². The smallest absolute Gasteiger partial charge is 0.143 e. The summed E-state index contributed by atoms with van der Waals surface area (Å²) in [5.74, 6) is 0. The summed E-state index contributed by atoms with van der Waals surface area (Å²) in [6, 6.07) is 82.2. The van der Waals surface area contributed by atoms with Gasteiger partial charge in [-0.3, -0.25) is 0 Å². The van der Waals surface area contributed by atoms with Crippen LogP contribution in [-0.4, -0.2) is 4.57 Å². The predicted octanol–water partition coefficient (Wildman–Crippen LogP) is 19.1. The van der Waals surface area contributed by atoms with Gasteiger partial charge in [-0.05, 0) is 110 Å². The van der Waals surface area contributed by atoms with Crippen molar-refractivity contribution in [3.63, 3.8) is 0 Å². The Morgan fingerprint density at radius 3 is 1.63 bits per heavy atom. The molecule has 3 heteroatoms. The Morgan fingerprint density at radius 2 is 0.859 bits per heavy atom. The van der Waals surface area contributed by atoms with Crippen LogP contribution in [0.15, 0.2) is 271 Å². The molecule has 0 saturated heterocycles. The summed E-state index contributed by atoms with van der Waals surface area (Å²) < 4.78 is 48.4. The van der Waals surface area contributed by atoms with Crippen LogP contribution >= 0.6 is 0 Å². The van der Waals surface area contributed by atoms with Crippen molar-refractivity contribution < 1.29 is 9.90 Å². The molecule has 0 atom stereocenters. The Bertz CT molecular complexity index is 4510. The van der Waals surface area contributed by atoms with Crippen molar-refractivity contribution in [1.82, 2.24) is 4.57 Å². The summed E-state index contributed by atoms with van der Waals surface area (Å²) in [4.78, 5) is 1.89. The highest BCUT2D eigenvalue weighted by molar-refractivity contribution is 6.18. The maximum absolute atomic E-state index is 9.91. The van der Waals surface area contributed by atoms with Gasteiger partial charge >= 0.3 is 0 Å². The van der Waals surface area contributed by atoms with Gasteiger partial charge in [0.25, 0.3) is 0 Å². The zero-order valence-corrected chi connectivity index (χ0v) is 38.4. The molecule has 0 aliphatic carbocycles. The summed E-state index contributed by atoms with van der Waals surface area (Å²) in [5.41, 5.74) is 12.9. The molecule has 0 bridgehead atoms. The van der Waals surface area contributed by atoms with Gasteiger partial charge in [0, 0.05) is 55.1 Å². The van der Waals surface area contributed by atoms with E-state index in [9.17, 15) is 5.48 Å². The first-order chi connectivity index (χ1) is 36.9. The number of para-hydroxylation sites is 4. The largest absolute Gasteiger partial charge is 0.455 e. The normalized spacial score (nSPS) is 12.5. The molecule has 0 fully saturated rings. The zero-order chi connectivity index (χ0) is 50.3. The van der Waals surface area contributed by atoms with Crippen LogP contribution in [0.4, 0.5) is 17.1 Å². The Balaban J connectivity index is 0.927. The first-order valence-electron chi connectivity index (χ1n) is 26.0. The minimum absolute atomic E-state index is 0.129. The van der Waals surface area contributed by atoms with E-state index in [1.54, 1.807) is 0 Å². The molecule has 12 aromatic carbocycles. The molecule has 0 aliphatic rings. The van der Waals surface area contributed by atoms with E-state index in [1.165, 1.54) is 10.8 Å². The molecule has 0 radical (unpaired) electrons. The van der Waals surface area contributed by atoms with Gasteiger partial charge in [-0.2, -0.15) is 0 Å². The van der Waals surface area contributed by atoms with E-state index in [2.05, 4.69) is 156 Å². The minimum Gasteiger partial charge on any atom is -0.455 e. The third-order valence-electron chi connectivity index (χ3n) is 14.1. The van der Waals surface area contributed by atoms with Crippen LogP contribution in [-0.2, 0) is 0 Å². The molecule has 0 N–H and O–H groups in total. The van der Waals surface area contributed by atoms with E-state index < -0.39 is 0 Å². The summed E-state index contributed by atoms with van der Waals surface area (Å²) >= 11 is 0. The van der Waals surface area contributed by atoms with E-state index in [1.807, 2.05) is 95.9 Å². The molecule has 3 nitrogen and oxygen atoms in total. The summed E-state index contributed by atoms with van der Waals surface area (Å²) in [6.45, 7) is 0. The molecule has 0 spiro atoms. The van der Waals surface area contributed by atoms with E-state index in [0.717, 1.165) is 93.6 Å².